The van der Waals surface area contributed by atoms with Gasteiger partial charge >= 0.3 is 0 Å². The summed E-state index contributed by atoms with van der Waals surface area (Å²) in [6, 6.07) is 0. The fourth-order valence-electron chi connectivity index (χ4n) is 1.89. The molecule has 1 aliphatic heterocycles. The molecule has 19 heavy (non-hydrogen) atoms. The van der Waals surface area contributed by atoms with Crippen LogP contribution in [0.1, 0.15) is 21.7 Å². The van der Waals surface area contributed by atoms with Crippen LogP contribution in [0.2, 0.25) is 0 Å². The fourth-order valence-corrected chi connectivity index (χ4v) is 1.89. The topological polar surface area (TPSA) is 73.0 Å². The normalized spacial score (nSPS) is 13.2. The third-order valence-electron chi connectivity index (χ3n) is 2.87. The van der Waals surface area contributed by atoms with Gasteiger partial charge < -0.3 is 15.5 Å². The van der Waals surface area contributed by atoms with E-state index in [0.717, 1.165) is 37.3 Å². The van der Waals surface area contributed by atoms with Gasteiger partial charge in [-0.25, -0.2) is 0 Å². The van der Waals surface area contributed by atoms with E-state index < -0.39 is 0 Å². The van der Waals surface area contributed by atoms with Crippen LogP contribution in [0, 0.1) is 0 Å². The molecule has 1 aliphatic rings. The first-order valence-corrected chi connectivity index (χ1v) is 5.88. The van der Waals surface area contributed by atoms with Crippen molar-refractivity contribution in [1.82, 2.24) is 25.7 Å². The maximum atomic E-state index is 11.9. The van der Waals surface area contributed by atoms with Gasteiger partial charge in [-0.15, -0.1) is 24.8 Å². The summed E-state index contributed by atoms with van der Waals surface area (Å²) in [5, 5.41) is 13.2. The molecule has 0 aromatic carbocycles. The number of nitrogens with zero attached hydrogens (tertiary/aromatic N) is 2. The Bertz CT molecular complexity index is 408. The summed E-state index contributed by atoms with van der Waals surface area (Å²) in [6.45, 7) is 3.14. The zero-order valence-electron chi connectivity index (χ0n) is 11.2. The van der Waals surface area contributed by atoms with Gasteiger partial charge in [-0.2, -0.15) is 5.10 Å². The van der Waals surface area contributed by atoms with Crippen LogP contribution in [0.25, 0.3) is 0 Å². The molecule has 6 nitrogen and oxygen atoms in total. The maximum Gasteiger partial charge on any atom is 0.272 e. The second-order valence-electron chi connectivity index (χ2n) is 4.52. The summed E-state index contributed by atoms with van der Waals surface area (Å²) in [5.74, 6) is -0.0898. The number of amides is 1. The number of aromatic amines is 1. The number of fused-ring (bicyclic) bond motifs is 1. The van der Waals surface area contributed by atoms with Gasteiger partial charge in [0.2, 0.25) is 0 Å². The lowest BCUT2D eigenvalue weighted by atomic mass is 10.1. The van der Waals surface area contributed by atoms with E-state index >= 15 is 0 Å². The largest absolute Gasteiger partial charge is 0.349 e. The molecule has 0 atom stereocenters. The SMILES string of the molecule is CN(C)CCNC(=O)c1n[nH]c2c1CNCC2.Cl.Cl. The van der Waals surface area contributed by atoms with Crippen molar-refractivity contribution in [2.75, 3.05) is 33.7 Å². The van der Waals surface area contributed by atoms with Crippen LogP contribution >= 0.6 is 24.8 Å². The van der Waals surface area contributed by atoms with Crippen LogP contribution in [0.15, 0.2) is 0 Å². The van der Waals surface area contributed by atoms with E-state index in [0.29, 0.717) is 12.2 Å². The first kappa shape index (κ1) is 18.2. The highest BCUT2D eigenvalue weighted by Crippen LogP contribution is 2.14. The molecular formula is C11H21Cl2N5O. The van der Waals surface area contributed by atoms with Crippen molar-refractivity contribution in [3.63, 3.8) is 0 Å². The highest BCUT2D eigenvalue weighted by molar-refractivity contribution is 5.94. The number of H-pyrrole nitrogens is 1. The van der Waals surface area contributed by atoms with Crippen LogP contribution in [0.3, 0.4) is 0 Å². The molecule has 0 aliphatic carbocycles. The Morgan fingerprint density at radius 3 is 2.84 bits per heavy atom. The zero-order chi connectivity index (χ0) is 12.3. The number of likely N-dealkylation sites (N-methyl/N-ethyl adjacent to an activating group) is 1. The van der Waals surface area contributed by atoms with Crippen molar-refractivity contribution in [2.24, 2.45) is 0 Å². The molecule has 0 spiro atoms. The number of aromatic nitrogens is 2. The Labute approximate surface area is 125 Å². The van der Waals surface area contributed by atoms with Gasteiger partial charge in [-0.05, 0) is 14.1 Å². The minimum atomic E-state index is -0.0898. The van der Waals surface area contributed by atoms with Crippen molar-refractivity contribution in [3.05, 3.63) is 17.0 Å². The van der Waals surface area contributed by atoms with Crippen LogP contribution in [0.5, 0.6) is 0 Å². The number of nitrogens with one attached hydrogen (secondary N) is 3. The van der Waals surface area contributed by atoms with Gasteiger partial charge in [0, 0.05) is 43.9 Å². The first-order valence-electron chi connectivity index (χ1n) is 5.88. The predicted octanol–water partition coefficient (Wildman–Crippen LogP) is 0.190. The number of carbonyl (C=O) groups excluding carboxylic acids is 1. The van der Waals surface area contributed by atoms with Gasteiger partial charge in [0.15, 0.2) is 5.69 Å². The van der Waals surface area contributed by atoms with Crippen molar-refractivity contribution in [3.8, 4) is 0 Å². The smallest absolute Gasteiger partial charge is 0.272 e. The molecule has 0 saturated heterocycles. The molecule has 2 rings (SSSR count). The molecule has 0 unspecified atom stereocenters. The Morgan fingerprint density at radius 2 is 2.16 bits per heavy atom. The number of hydrogen-bond acceptors (Lipinski definition) is 4. The number of carbonyl (C=O) groups is 1. The van der Waals surface area contributed by atoms with Crippen LogP contribution in [0.4, 0.5) is 0 Å². The molecule has 1 aromatic rings. The van der Waals surface area contributed by atoms with Gasteiger partial charge in [0.25, 0.3) is 5.91 Å². The van der Waals surface area contributed by atoms with Crippen LogP contribution in [-0.2, 0) is 13.0 Å². The summed E-state index contributed by atoms with van der Waals surface area (Å²) in [6.07, 6.45) is 0.910. The maximum absolute atomic E-state index is 11.9. The fraction of sp³-hybridized carbons (Fsp3) is 0.636. The summed E-state index contributed by atoms with van der Waals surface area (Å²) in [5.41, 5.74) is 2.63. The van der Waals surface area contributed by atoms with Crippen LogP contribution in [-0.4, -0.2) is 54.7 Å². The van der Waals surface area contributed by atoms with E-state index in [1.165, 1.54) is 0 Å². The molecule has 1 aromatic heterocycles. The first-order chi connectivity index (χ1) is 8.18. The monoisotopic (exact) mass is 309 g/mol. The standard InChI is InChI=1S/C11H19N5O.2ClH/c1-16(2)6-5-13-11(17)10-8-7-12-4-3-9(8)14-15-10;;/h12H,3-7H2,1-2H3,(H,13,17)(H,14,15);2*1H. The third-order valence-corrected chi connectivity index (χ3v) is 2.87. The molecule has 3 N–H and O–H groups in total. The van der Waals surface area contributed by atoms with Gasteiger partial charge in [0.1, 0.15) is 0 Å². The van der Waals surface area contributed by atoms with E-state index in [4.69, 9.17) is 0 Å². The highest BCUT2D eigenvalue weighted by Gasteiger charge is 2.20. The molecule has 110 valence electrons. The average Bonchev–Trinajstić information content (AvgIpc) is 2.72. The summed E-state index contributed by atoms with van der Waals surface area (Å²) < 4.78 is 0. The number of rotatable bonds is 4. The average molecular weight is 310 g/mol. The predicted molar refractivity (Wildman–Crippen MR) is 79.4 cm³/mol. The Morgan fingerprint density at radius 1 is 1.42 bits per heavy atom. The Balaban J connectivity index is 0.00000162. The van der Waals surface area contributed by atoms with Crippen molar-refractivity contribution >= 4 is 30.7 Å². The lowest BCUT2D eigenvalue weighted by molar-refractivity contribution is 0.0945. The molecule has 0 radical (unpaired) electrons. The molecular weight excluding hydrogens is 289 g/mol. The molecule has 2 heterocycles. The highest BCUT2D eigenvalue weighted by atomic mass is 35.5. The van der Waals surface area contributed by atoms with E-state index in [1.807, 2.05) is 19.0 Å². The van der Waals surface area contributed by atoms with E-state index in [1.54, 1.807) is 0 Å². The summed E-state index contributed by atoms with van der Waals surface area (Å²) in [7, 11) is 3.96. The number of halogens is 2. The zero-order valence-corrected chi connectivity index (χ0v) is 12.8. The van der Waals surface area contributed by atoms with Gasteiger partial charge in [-0.1, -0.05) is 0 Å². The van der Waals surface area contributed by atoms with Gasteiger partial charge in [0.05, 0.1) is 0 Å². The minimum Gasteiger partial charge on any atom is -0.349 e. The van der Waals surface area contributed by atoms with Crippen molar-refractivity contribution in [1.29, 1.82) is 0 Å². The van der Waals surface area contributed by atoms with E-state index in [-0.39, 0.29) is 30.7 Å². The molecule has 0 bridgehead atoms. The third kappa shape index (κ3) is 4.65. The lowest BCUT2D eigenvalue weighted by Crippen LogP contribution is -2.33. The van der Waals surface area contributed by atoms with Gasteiger partial charge in [-0.3, -0.25) is 9.89 Å². The molecule has 1 amide bonds. The second kappa shape index (κ2) is 8.37. The molecule has 8 heteroatoms. The van der Waals surface area contributed by atoms with Crippen molar-refractivity contribution < 1.29 is 4.79 Å². The van der Waals surface area contributed by atoms with E-state index in [9.17, 15) is 4.79 Å². The van der Waals surface area contributed by atoms with Crippen LogP contribution < -0.4 is 10.6 Å². The Hall–Kier alpha value is -0.820. The lowest BCUT2D eigenvalue weighted by Gasteiger charge is -2.13. The summed E-state index contributed by atoms with van der Waals surface area (Å²) >= 11 is 0. The molecule has 0 fully saturated rings. The molecule has 0 saturated carbocycles. The van der Waals surface area contributed by atoms with E-state index in [2.05, 4.69) is 20.8 Å². The quantitative estimate of drug-likeness (QED) is 0.742. The number of hydrogen-bond donors (Lipinski definition) is 3. The second-order valence-corrected chi connectivity index (χ2v) is 4.52. The minimum absolute atomic E-state index is 0. The van der Waals surface area contributed by atoms with Crippen molar-refractivity contribution in [2.45, 2.75) is 13.0 Å². The Kier molecular flexibility index (Phi) is 8.01. The summed E-state index contributed by atoms with van der Waals surface area (Å²) in [4.78, 5) is 13.9.